The molecule has 0 bridgehead atoms. The van der Waals surface area contributed by atoms with E-state index in [4.69, 9.17) is 23.2 Å². The first-order valence-electron chi connectivity index (χ1n) is 12.5. The predicted octanol–water partition coefficient (Wildman–Crippen LogP) is 2.97. The van der Waals surface area contributed by atoms with Crippen LogP contribution in [-0.4, -0.2) is 106 Å². The number of halogens is 2. The number of hydrogen-bond acceptors (Lipinski definition) is 6. The van der Waals surface area contributed by atoms with E-state index in [0.29, 0.717) is 43.5 Å². The van der Waals surface area contributed by atoms with Crippen molar-refractivity contribution in [3.63, 3.8) is 0 Å². The number of piperazine rings is 1. The van der Waals surface area contributed by atoms with Gasteiger partial charge in [-0.05, 0) is 76.9 Å². The van der Waals surface area contributed by atoms with E-state index in [1.807, 2.05) is 0 Å². The van der Waals surface area contributed by atoms with E-state index in [0.717, 1.165) is 51.9 Å². The standard InChI is InChI=1S/C23H36Cl2N4O4S2/c1-26-11-8-20(9-12-26)27-13-15-28(16-14-27)34(30,31)17-3-5-21-4-2-10-29(21)35(32,33)23-7-6-19(24)18-22(23)25/h6-7,18,20-21H,2-5,8-17H2,1H3/t21-/m0/s1. The van der Waals surface area contributed by atoms with Crippen LogP contribution in [0.5, 0.6) is 0 Å². The minimum Gasteiger partial charge on any atom is -0.306 e. The molecule has 1 aromatic carbocycles. The molecule has 12 heteroatoms. The highest BCUT2D eigenvalue weighted by molar-refractivity contribution is 7.89. The maximum absolute atomic E-state index is 13.2. The third kappa shape index (κ3) is 6.52. The molecule has 0 amide bonds. The second kappa shape index (κ2) is 11.5. The van der Waals surface area contributed by atoms with Crippen LogP contribution in [0.3, 0.4) is 0 Å². The van der Waals surface area contributed by atoms with Crippen molar-refractivity contribution in [3.8, 4) is 0 Å². The molecule has 1 atom stereocenters. The summed E-state index contributed by atoms with van der Waals surface area (Å²) in [5.74, 6) is 0.0489. The number of benzene rings is 1. The molecule has 3 aliphatic rings. The molecule has 0 aromatic heterocycles. The Morgan fingerprint density at radius 3 is 2.26 bits per heavy atom. The van der Waals surface area contributed by atoms with Gasteiger partial charge in [-0.1, -0.05) is 23.2 Å². The van der Waals surface area contributed by atoms with Crippen molar-refractivity contribution in [1.29, 1.82) is 0 Å². The van der Waals surface area contributed by atoms with Crippen molar-refractivity contribution in [2.45, 2.75) is 55.5 Å². The zero-order valence-corrected chi connectivity index (χ0v) is 23.4. The third-order valence-electron chi connectivity index (χ3n) is 7.61. The lowest BCUT2D eigenvalue weighted by atomic mass is 10.0. The Kier molecular flexibility index (Phi) is 9.07. The highest BCUT2D eigenvalue weighted by Gasteiger charge is 2.37. The van der Waals surface area contributed by atoms with Crippen LogP contribution in [0.25, 0.3) is 0 Å². The minimum absolute atomic E-state index is 0.0468. The Balaban J connectivity index is 1.28. The number of rotatable bonds is 8. The van der Waals surface area contributed by atoms with E-state index in [9.17, 15) is 16.8 Å². The molecule has 0 unspecified atom stereocenters. The van der Waals surface area contributed by atoms with Crippen molar-refractivity contribution in [2.75, 3.05) is 58.6 Å². The van der Waals surface area contributed by atoms with E-state index in [1.54, 1.807) is 4.31 Å². The fourth-order valence-electron chi connectivity index (χ4n) is 5.56. The van der Waals surface area contributed by atoms with E-state index >= 15 is 0 Å². The van der Waals surface area contributed by atoms with Crippen LogP contribution in [-0.2, 0) is 20.0 Å². The van der Waals surface area contributed by atoms with Gasteiger partial charge < -0.3 is 4.90 Å². The van der Waals surface area contributed by atoms with E-state index < -0.39 is 20.0 Å². The second-order valence-corrected chi connectivity index (χ2v) is 14.7. The van der Waals surface area contributed by atoms with Crippen molar-refractivity contribution in [3.05, 3.63) is 28.2 Å². The zero-order valence-electron chi connectivity index (χ0n) is 20.3. The van der Waals surface area contributed by atoms with Gasteiger partial charge in [-0.3, -0.25) is 4.90 Å². The van der Waals surface area contributed by atoms with Crippen molar-refractivity contribution in [2.24, 2.45) is 0 Å². The molecular formula is C23H36Cl2N4O4S2. The summed E-state index contributed by atoms with van der Waals surface area (Å²) in [6.45, 7) is 5.25. The summed E-state index contributed by atoms with van der Waals surface area (Å²) in [5, 5.41) is 0.481. The quantitative estimate of drug-likeness (QED) is 0.481. The Morgan fingerprint density at radius 2 is 1.60 bits per heavy atom. The van der Waals surface area contributed by atoms with Crippen LogP contribution in [0, 0.1) is 0 Å². The molecule has 8 nitrogen and oxygen atoms in total. The lowest BCUT2D eigenvalue weighted by Gasteiger charge is -2.41. The summed E-state index contributed by atoms with van der Waals surface area (Å²) in [5.41, 5.74) is 0. The van der Waals surface area contributed by atoms with Gasteiger partial charge in [0.25, 0.3) is 0 Å². The Hall–Kier alpha value is -0.460. The van der Waals surface area contributed by atoms with Gasteiger partial charge in [-0.15, -0.1) is 0 Å². The molecule has 4 rings (SSSR count). The van der Waals surface area contributed by atoms with Crippen LogP contribution < -0.4 is 0 Å². The summed E-state index contributed by atoms with van der Waals surface area (Å²) < 4.78 is 55.6. The fraction of sp³-hybridized carbons (Fsp3) is 0.739. The van der Waals surface area contributed by atoms with Gasteiger partial charge >= 0.3 is 0 Å². The van der Waals surface area contributed by atoms with Crippen LogP contribution in [0.15, 0.2) is 23.1 Å². The molecule has 0 spiro atoms. The normalized spacial score (nSPS) is 24.8. The van der Waals surface area contributed by atoms with Gasteiger partial charge in [0.05, 0.1) is 10.8 Å². The number of piperidine rings is 1. The van der Waals surface area contributed by atoms with E-state index in [1.165, 1.54) is 22.5 Å². The van der Waals surface area contributed by atoms with Gasteiger partial charge in [0.1, 0.15) is 4.90 Å². The molecule has 3 fully saturated rings. The van der Waals surface area contributed by atoms with Gasteiger partial charge in [0.2, 0.25) is 20.0 Å². The largest absolute Gasteiger partial charge is 0.306 e. The van der Waals surface area contributed by atoms with Crippen molar-refractivity contribution < 1.29 is 16.8 Å². The molecule has 3 heterocycles. The maximum atomic E-state index is 13.2. The first-order valence-corrected chi connectivity index (χ1v) is 16.3. The molecule has 3 saturated heterocycles. The topological polar surface area (TPSA) is 81.2 Å². The molecule has 0 radical (unpaired) electrons. The monoisotopic (exact) mass is 566 g/mol. The number of likely N-dealkylation sites (tertiary alicyclic amines) is 1. The summed E-state index contributed by atoms with van der Waals surface area (Å²) in [7, 11) is -4.98. The molecule has 198 valence electrons. The van der Waals surface area contributed by atoms with Crippen molar-refractivity contribution in [1.82, 2.24) is 18.4 Å². The predicted molar refractivity (Wildman–Crippen MR) is 140 cm³/mol. The lowest BCUT2D eigenvalue weighted by Crippen LogP contribution is -2.54. The summed E-state index contributed by atoms with van der Waals surface area (Å²) in [6, 6.07) is 4.72. The average Bonchev–Trinajstić information content (AvgIpc) is 3.29. The molecule has 0 N–H and O–H groups in total. The van der Waals surface area contributed by atoms with Gasteiger partial charge in [-0.25, -0.2) is 16.8 Å². The van der Waals surface area contributed by atoms with Crippen LogP contribution in [0.4, 0.5) is 0 Å². The Labute approximate surface area is 220 Å². The molecular weight excluding hydrogens is 531 g/mol. The SMILES string of the molecule is CN1CCC(N2CCN(S(=O)(=O)CCC[C@@H]3CCCN3S(=O)(=O)c3ccc(Cl)cc3Cl)CC2)CC1. The van der Waals surface area contributed by atoms with E-state index in [-0.39, 0.29) is 21.7 Å². The number of sulfonamides is 2. The van der Waals surface area contributed by atoms with Gasteiger partial charge in [0.15, 0.2) is 0 Å². The first-order chi connectivity index (χ1) is 16.6. The third-order valence-corrected chi connectivity index (χ3v) is 12.2. The Morgan fingerprint density at radius 1 is 0.914 bits per heavy atom. The second-order valence-electron chi connectivity index (χ2n) is 9.91. The summed E-state index contributed by atoms with van der Waals surface area (Å²) in [4.78, 5) is 4.84. The molecule has 1 aromatic rings. The van der Waals surface area contributed by atoms with Crippen LogP contribution >= 0.6 is 23.2 Å². The van der Waals surface area contributed by atoms with Gasteiger partial charge in [-0.2, -0.15) is 8.61 Å². The maximum Gasteiger partial charge on any atom is 0.244 e. The summed E-state index contributed by atoms with van der Waals surface area (Å²) in [6.07, 6.45) is 4.71. The molecule has 0 saturated carbocycles. The van der Waals surface area contributed by atoms with Crippen LogP contribution in [0.2, 0.25) is 10.0 Å². The van der Waals surface area contributed by atoms with Crippen LogP contribution in [0.1, 0.15) is 38.5 Å². The lowest BCUT2D eigenvalue weighted by molar-refractivity contribution is 0.0892. The number of nitrogens with zero attached hydrogens (tertiary/aromatic N) is 4. The average molecular weight is 568 g/mol. The summed E-state index contributed by atoms with van der Waals surface area (Å²) >= 11 is 12.1. The van der Waals surface area contributed by atoms with E-state index in [2.05, 4.69) is 16.8 Å². The Bertz CT molecular complexity index is 1090. The molecule has 3 aliphatic heterocycles. The molecule has 0 aliphatic carbocycles. The smallest absolute Gasteiger partial charge is 0.244 e. The van der Waals surface area contributed by atoms with Crippen molar-refractivity contribution >= 4 is 43.2 Å². The number of hydrogen-bond donors (Lipinski definition) is 0. The first kappa shape index (κ1) is 27.6. The minimum atomic E-state index is -3.77. The fourth-order valence-corrected chi connectivity index (χ4v) is 9.54. The highest BCUT2D eigenvalue weighted by atomic mass is 35.5. The zero-order chi connectivity index (χ0) is 25.2. The molecule has 35 heavy (non-hydrogen) atoms. The highest BCUT2D eigenvalue weighted by Crippen LogP contribution is 2.33. The van der Waals surface area contributed by atoms with Gasteiger partial charge in [0, 0.05) is 49.8 Å².